The molecule has 1 saturated heterocycles. The van der Waals surface area contributed by atoms with Crippen molar-refractivity contribution in [2.24, 2.45) is 5.73 Å². The zero-order valence-corrected chi connectivity index (χ0v) is 19.6. The number of nitrogens with two attached hydrogens (primary N) is 1. The number of carbonyl (C=O) groups excluding carboxylic acids is 3. The fourth-order valence-corrected chi connectivity index (χ4v) is 3.45. The largest absolute Gasteiger partial charge is 0.504 e. The fraction of sp³-hybridized carbons (Fsp3) is 0.269. The molecule has 0 saturated carbocycles. The van der Waals surface area contributed by atoms with Crippen LogP contribution >= 0.6 is 0 Å². The average Bonchev–Trinajstić information content (AvgIpc) is 3.29. The summed E-state index contributed by atoms with van der Waals surface area (Å²) in [6, 6.07) is 9.49. The van der Waals surface area contributed by atoms with E-state index in [0.717, 1.165) is 6.42 Å². The van der Waals surface area contributed by atoms with E-state index in [2.05, 4.69) is 0 Å². The molecule has 1 amide bonds. The first-order chi connectivity index (χ1) is 16.8. The number of benzene rings is 2. The summed E-state index contributed by atoms with van der Waals surface area (Å²) >= 11 is 0. The van der Waals surface area contributed by atoms with Crippen LogP contribution < -0.4 is 19.9 Å². The van der Waals surface area contributed by atoms with Gasteiger partial charge in [0.2, 0.25) is 0 Å². The number of aromatic hydroxyl groups is 1. The number of nitrogens with zero attached hydrogens (tertiary/aromatic N) is 1. The van der Waals surface area contributed by atoms with Crippen molar-refractivity contribution in [1.29, 1.82) is 0 Å². The molecule has 184 valence electrons. The van der Waals surface area contributed by atoms with Gasteiger partial charge in [-0.25, -0.2) is 4.79 Å². The van der Waals surface area contributed by atoms with Gasteiger partial charge < -0.3 is 30.0 Å². The van der Waals surface area contributed by atoms with Crippen molar-refractivity contribution >= 4 is 29.8 Å². The van der Waals surface area contributed by atoms with Crippen LogP contribution in [0.4, 0.5) is 4.79 Å². The predicted octanol–water partition coefficient (Wildman–Crippen LogP) is 3.20. The van der Waals surface area contributed by atoms with Crippen LogP contribution in [0, 0.1) is 0 Å². The Labute approximate surface area is 203 Å². The van der Waals surface area contributed by atoms with Gasteiger partial charge in [0.15, 0.2) is 34.6 Å². The molecule has 0 spiro atoms. The molecule has 1 unspecified atom stereocenters. The lowest BCUT2D eigenvalue weighted by atomic mass is 10.1. The third kappa shape index (κ3) is 7.18. The summed E-state index contributed by atoms with van der Waals surface area (Å²) in [4.78, 5) is 38.2. The Balaban J connectivity index is 1.57. The van der Waals surface area contributed by atoms with Crippen LogP contribution in [0.3, 0.4) is 0 Å². The molecule has 0 aromatic heterocycles. The third-order valence-corrected chi connectivity index (χ3v) is 5.34. The van der Waals surface area contributed by atoms with E-state index < -0.39 is 6.09 Å². The second-order valence-corrected chi connectivity index (χ2v) is 7.98. The van der Waals surface area contributed by atoms with Gasteiger partial charge in [-0.2, -0.15) is 0 Å². The predicted molar refractivity (Wildman–Crippen MR) is 131 cm³/mol. The first kappa shape index (κ1) is 25.5. The number of amides is 1. The second-order valence-electron chi connectivity index (χ2n) is 7.98. The summed E-state index contributed by atoms with van der Waals surface area (Å²) in [7, 11) is 2.88. The maximum absolute atomic E-state index is 12.3. The van der Waals surface area contributed by atoms with Gasteiger partial charge in [0.05, 0.1) is 20.6 Å². The van der Waals surface area contributed by atoms with Crippen molar-refractivity contribution in [1.82, 2.24) is 4.90 Å². The Morgan fingerprint density at radius 1 is 0.971 bits per heavy atom. The first-order valence-electron chi connectivity index (χ1n) is 11.0. The van der Waals surface area contributed by atoms with Crippen LogP contribution in [0.25, 0.3) is 12.2 Å². The highest BCUT2D eigenvalue weighted by atomic mass is 16.6. The highest BCUT2D eigenvalue weighted by molar-refractivity contribution is 6.10. The van der Waals surface area contributed by atoms with Crippen molar-refractivity contribution in [3.63, 3.8) is 0 Å². The summed E-state index contributed by atoms with van der Waals surface area (Å²) < 4.78 is 15.8. The molecule has 2 aromatic carbocycles. The summed E-state index contributed by atoms with van der Waals surface area (Å²) in [6.07, 6.45) is 5.64. The molecular weight excluding hydrogens is 452 g/mol. The standard InChI is InChI=1S/C26H28N2O7/c1-33-24-13-17(5-9-22(24)31)3-7-20(29)15-21(30)8-4-18-6-10-23(25(14-18)34-2)35-26(32)28-12-11-19(27)16-28/h3-10,13-14,19,31H,11-12,15-16,27H2,1-2H3. The number of rotatable bonds is 9. The molecule has 0 bridgehead atoms. The van der Waals surface area contributed by atoms with Crippen LogP contribution in [0.5, 0.6) is 23.0 Å². The van der Waals surface area contributed by atoms with Gasteiger partial charge in [-0.15, -0.1) is 0 Å². The summed E-state index contributed by atoms with van der Waals surface area (Å²) in [6.45, 7) is 0.989. The number of ketones is 2. The fourth-order valence-electron chi connectivity index (χ4n) is 3.45. The lowest BCUT2D eigenvalue weighted by Crippen LogP contribution is -2.34. The van der Waals surface area contributed by atoms with Crippen LogP contribution in [-0.4, -0.2) is 61.0 Å². The number of ether oxygens (including phenoxy) is 3. The lowest BCUT2D eigenvalue weighted by Gasteiger charge is -2.16. The van der Waals surface area contributed by atoms with E-state index in [4.69, 9.17) is 19.9 Å². The van der Waals surface area contributed by atoms with Gasteiger partial charge >= 0.3 is 6.09 Å². The average molecular weight is 481 g/mol. The van der Waals surface area contributed by atoms with Crippen molar-refractivity contribution in [3.05, 3.63) is 59.7 Å². The number of allylic oxidation sites excluding steroid dienone is 2. The Morgan fingerprint density at radius 3 is 2.14 bits per heavy atom. The molecule has 1 atom stereocenters. The minimum Gasteiger partial charge on any atom is -0.504 e. The number of hydrogen-bond donors (Lipinski definition) is 2. The molecule has 1 aliphatic heterocycles. The smallest absolute Gasteiger partial charge is 0.415 e. The topological polar surface area (TPSA) is 128 Å². The van der Waals surface area contributed by atoms with E-state index in [-0.39, 0.29) is 41.3 Å². The number of methoxy groups -OCH3 is 2. The van der Waals surface area contributed by atoms with Crippen LogP contribution in [0.2, 0.25) is 0 Å². The molecule has 0 aliphatic carbocycles. The third-order valence-electron chi connectivity index (χ3n) is 5.34. The van der Waals surface area contributed by atoms with Crippen LogP contribution in [-0.2, 0) is 9.59 Å². The quantitative estimate of drug-likeness (QED) is 0.414. The Kier molecular flexibility index (Phi) is 8.63. The molecule has 9 heteroatoms. The maximum atomic E-state index is 12.3. The van der Waals surface area contributed by atoms with E-state index in [1.807, 2.05) is 0 Å². The van der Waals surface area contributed by atoms with Crippen molar-refractivity contribution < 1.29 is 33.7 Å². The summed E-state index contributed by atoms with van der Waals surface area (Å²) in [5, 5.41) is 9.62. The number of carbonyl (C=O) groups is 3. The highest BCUT2D eigenvalue weighted by Crippen LogP contribution is 2.30. The molecule has 3 rings (SSSR count). The minimum atomic E-state index is -0.493. The zero-order valence-electron chi connectivity index (χ0n) is 19.6. The van der Waals surface area contributed by atoms with Crippen LogP contribution in [0.1, 0.15) is 24.0 Å². The van der Waals surface area contributed by atoms with E-state index >= 15 is 0 Å². The van der Waals surface area contributed by atoms with E-state index in [9.17, 15) is 19.5 Å². The molecule has 1 fully saturated rings. The number of phenolic OH excluding ortho intramolecular Hbond substituents is 1. The Hall–Kier alpha value is -4.11. The number of phenols is 1. The Bertz CT molecular complexity index is 1160. The second kappa shape index (κ2) is 11.8. The molecule has 2 aromatic rings. The maximum Gasteiger partial charge on any atom is 0.415 e. The zero-order chi connectivity index (χ0) is 25.4. The summed E-state index contributed by atoms with van der Waals surface area (Å²) in [5.41, 5.74) is 7.12. The van der Waals surface area contributed by atoms with Crippen molar-refractivity contribution in [2.75, 3.05) is 27.3 Å². The molecule has 35 heavy (non-hydrogen) atoms. The highest BCUT2D eigenvalue weighted by Gasteiger charge is 2.25. The molecule has 1 heterocycles. The monoisotopic (exact) mass is 480 g/mol. The van der Waals surface area contributed by atoms with Crippen LogP contribution in [0.15, 0.2) is 48.6 Å². The summed E-state index contributed by atoms with van der Waals surface area (Å²) in [5.74, 6) is 0.133. The molecule has 3 N–H and O–H groups in total. The SMILES string of the molecule is COc1cc(C=CC(=O)CC(=O)C=Cc2ccc(OC(=O)N3CCC(N)C3)c(OC)c2)ccc1O. The van der Waals surface area contributed by atoms with E-state index in [1.54, 1.807) is 47.4 Å². The Morgan fingerprint density at radius 2 is 1.57 bits per heavy atom. The lowest BCUT2D eigenvalue weighted by molar-refractivity contribution is -0.121. The molecule has 0 radical (unpaired) electrons. The first-order valence-corrected chi connectivity index (χ1v) is 11.0. The normalized spacial score (nSPS) is 15.5. The van der Waals surface area contributed by atoms with Gasteiger partial charge in [0.1, 0.15) is 0 Å². The number of hydrogen-bond acceptors (Lipinski definition) is 8. The number of likely N-dealkylation sites (tertiary alicyclic amines) is 1. The minimum absolute atomic E-state index is 0.00422. The molecular formula is C26H28N2O7. The van der Waals surface area contributed by atoms with Gasteiger partial charge in [0.25, 0.3) is 0 Å². The molecule has 9 nitrogen and oxygen atoms in total. The van der Waals surface area contributed by atoms with Gasteiger partial charge in [-0.3, -0.25) is 9.59 Å². The molecule has 1 aliphatic rings. The van der Waals surface area contributed by atoms with Crippen molar-refractivity contribution in [2.45, 2.75) is 18.9 Å². The van der Waals surface area contributed by atoms with Gasteiger partial charge in [0, 0.05) is 19.1 Å². The van der Waals surface area contributed by atoms with E-state index in [1.165, 1.54) is 32.4 Å². The van der Waals surface area contributed by atoms with E-state index in [0.29, 0.717) is 30.0 Å². The van der Waals surface area contributed by atoms with Gasteiger partial charge in [-0.05, 0) is 54.0 Å². The van der Waals surface area contributed by atoms with Gasteiger partial charge in [-0.1, -0.05) is 24.3 Å². The van der Waals surface area contributed by atoms with Crippen molar-refractivity contribution in [3.8, 4) is 23.0 Å².